The maximum Gasteiger partial charge on any atom is 0.139 e. The summed E-state index contributed by atoms with van der Waals surface area (Å²) in [5, 5.41) is 3.40. The Kier molecular flexibility index (Phi) is 1.73. The van der Waals surface area contributed by atoms with Crippen LogP contribution in [0.1, 0.15) is 25.7 Å². The Labute approximate surface area is 84.8 Å². The Bertz CT molecular complexity index is 252. The topological polar surface area (TPSA) is 29.1 Å². The highest BCUT2D eigenvalue weighted by Gasteiger charge is 2.52. The van der Waals surface area contributed by atoms with Crippen molar-refractivity contribution in [2.24, 2.45) is 23.7 Å². The minimum absolute atomic E-state index is 0.417. The van der Waals surface area contributed by atoms with E-state index in [-0.39, 0.29) is 0 Å². The van der Waals surface area contributed by atoms with Gasteiger partial charge in [-0.25, -0.2) is 0 Å². The van der Waals surface area contributed by atoms with E-state index in [4.69, 9.17) is 0 Å². The molecular weight excluding hydrogens is 174 g/mol. The highest BCUT2D eigenvalue weighted by molar-refractivity contribution is 5.85. The molecule has 4 saturated carbocycles. The molecule has 0 atom stereocenters. The van der Waals surface area contributed by atoms with Crippen LogP contribution in [0.3, 0.4) is 0 Å². The first-order chi connectivity index (χ1) is 6.79. The van der Waals surface area contributed by atoms with Crippen LogP contribution in [-0.2, 0) is 4.79 Å². The largest absolute Gasteiger partial charge is 0.388 e. The first kappa shape index (κ1) is 8.51. The van der Waals surface area contributed by atoms with Gasteiger partial charge >= 0.3 is 0 Å². The van der Waals surface area contributed by atoms with Crippen LogP contribution in [0, 0.1) is 23.7 Å². The lowest BCUT2D eigenvalue weighted by Gasteiger charge is -2.53. The molecule has 76 valence electrons. The fourth-order valence-corrected chi connectivity index (χ4v) is 4.02. The van der Waals surface area contributed by atoms with E-state index < -0.39 is 0 Å². The molecule has 0 aromatic carbocycles. The van der Waals surface area contributed by atoms with E-state index in [1.165, 1.54) is 0 Å². The van der Waals surface area contributed by atoms with Gasteiger partial charge in [-0.15, -0.1) is 0 Å². The van der Waals surface area contributed by atoms with E-state index in [2.05, 4.69) is 11.9 Å². The summed E-state index contributed by atoms with van der Waals surface area (Å²) in [6, 6.07) is 0.619. The standard InChI is InChI=1S/C12H17NO/c1-2-13-11-7-3-9-5-8(11)6-10(4-7)12(9)14/h2,7-11,13H,1,3-6H2. The van der Waals surface area contributed by atoms with Crippen LogP contribution in [0.15, 0.2) is 12.8 Å². The summed E-state index contributed by atoms with van der Waals surface area (Å²) in [5.41, 5.74) is 0. The monoisotopic (exact) mass is 191 g/mol. The van der Waals surface area contributed by atoms with Crippen LogP contribution in [0.5, 0.6) is 0 Å². The van der Waals surface area contributed by atoms with Crippen molar-refractivity contribution in [3.8, 4) is 0 Å². The molecule has 0 aromatic rings. The summed E-state index contributed by atoms with van der Waals surface area (Å²) in [4.78, 5) is 11.8. The van der Waals surface area contributed by atoms with Crippen molar-refractivity contribution in [3.05, 3.63) is 12.8 Å². The highest BCUT2D eigenvalue weighted by atomic mass is 16.1. The lowest BCUT2D eigenvalue weighted by Crippen LogP contribution is -2.56. The summed E-state index contributed by atoms with van der Waals surface area (Å²) in [5.74, 6) is 2.90. The minimum Gasteiger partial charge on any atom is -0.388 e. The number of carbonyl (C=O) groups excluding carboxylic acids is 1. The molecule has 14 heavy (non-hydrogen) atoms. The second kappa shape index (κ2) is 2.85. The molecule has 4 aliphatic carbocycles. The van der Waals surface area contributed by atoms with E-state index in [1.54, 1.807) is 0 Å². The zero-order chi connectivity index (χ0) is 9.71. The average Bonchev–Trinajstić information content (AvgIpc) is 2.15. The molecule has 4 aliphatic rings. The van der Waals surface area contributed by atoms with Gasteiger partial charge in [-0.3, -0.25) is 4.79 Å². The molecule has 0 heterocycles. The van der Waals surface area contributed by atoms with Gasteiger partial charge < -0.3 is 5.32 Å². The van der Waals surface area contributed by atoms with Gasteiger partial charge in [0.15, 0.2) is 0 Å². The van der Waals surface area contributed by atoms with E-state index in [9.17, 15) is 4.79 Å². The van der Waals surface area contributed by atoms with Crippen LogP contribution in [0.4, 0.5) is 0 Å². The van der Waals surface area contributed by atoms with Crippen molar-refractivity contribution >= 4 is 5.78 Å². The predicted octanol–water partition coefficient (Wildman–Crippen LogP) is 1.72. The summed E-state index contributed by atoms with van der Waals surface area (Å²) in [6.07, 6.45) is 6.37. The number of hydrogen-bond donors (Lipinski definition) is 1. The van der Waals surface area contributed by atoms with Crippen molar-refractivity contribution in [1.29, 1.82) is 0 Å². The van der Waals surface area contributed by atoms with Crippen molar-refractivity contribution in [2.75, 3.05) is 0 Å². The molecule has 2 heteroatoms. The Morgan fingerprint density at radius 1 is 1.14 bits per heavy atom. The zero-order valence-electron chi connectivity index (χ0n) is 8.41. The molecule has 0 aromatic heterocycles. The van der Waals surface area contributed by atoms with Gasteiger partial charge in [-0.1, -0.05) is 6.58 Å². The molecule has 4 rings (SSSR count). The number of ketones is 1. The van der Waals surface area contributed by atoms with Gasteiger partial charge in [0, 0.05) is 17.9 Å². The number of Topliss-reactive ketones (excluding diaryl/α,β-unsaturated/α-hetero) is 1. The van der Waals surface area contributed by atoms with Crippen molar-refractivity contribution in [2.45, 2.75) is 31.7 Å². The molecule has 2 nitrogen and oxygen atoms in total. The molecule has 0 saturated heterocycles. The van der Waals surface area contributed by atoms with Crippen LogP contribution < -0.4 is 5.32 Å². The average molecular weight is 191 g/mol. The number of carbonyl (C=O) groups is 1. The zero-order valence-corrected chi connectivity index (χ0v) is 8.41. The third-order valence-electron chi connectivity index (χ3n) is 4.48. The number of nitrogens with one attached hydrogen (secondary N) is 1. The van der Waals surface area contributed by atoms with Gasteiger partial charge in [-0.05, 0) is 43.7 Å². The second-order valence-electron chi connectivity index (χ2n) is 5.16. The highest BCUT2D eigenvalue weighted by Crippen LogP contribution is 2.51. The smallest absolute Gasteiger partial charge is 0.139 e. The summed E-state index contributed by atoms with van der Waals surface area (Å²) in [6.45, 7) is 3.75. The van der Waals surface area contributed by atoms with Gasteiger partial charge in [0.05, 0.1) is 0 Å². The molecule has 1 N–H and O–H groups in total. The lowest BCUT2D eigenvalue weighted by molar-refractivity contribution is -0.141. The van der Waals surface area contributed by atoms with Crippen LogP contribution >= 0.6 is 0 Å². The van der Waals surface area contributed by atoms with Gasteiger partial charge in [0.2, 0.25) is 0 Å². The molecule has 0 unspecified atom stereocenters. The Morgan fingerprint density at radius 3 is 2.07 bits per heavy atom. The second-order valence-corrected chi connectivity index (χ2v) is 5.16. The van der Waals surface area contributed by atoms with E-state index in [1.807, 2.05) is 6.20 Å². The molecular formula is C12H17NO. The first-order valence-corrected chi connectivity index (χ1v) is 5.70. The van der Waals surface area contributed by atoms with Crippen LogP contribution in [-0.4, -0.2) is 11.8 Å². The van der Waals surface area contributed by atoms with E-state index in [0.29, 0.717) is 23.7 Å². The fraction of sp³-hybridized carbons (Fsp3) is 0.750. The fourth-order valence-electron chi connectivity index (χ4n) is 4.02. The van der Waals surface area contributed by atoms with Crippen molar-refractivity contribution in [1.82, 2.24) is 5.32 Å². The number of rotatable bonds is 2. The molecule has 0 aliphatic heterocycles. The van der Waals surface area contributed by atoms with Crippen molar-refractivity contribution in [3.63, 3.8) is 0 Å². The number of hydrogen-bond acceptors (Lipinski definition) is 2. The van der Waals surface area contributed by atoms with Crippen molar-refractivity contribution < 1.29 is 4.79 Å². The van der Waals surface area contributed by atoms with Gasteiger partial charge in [-0.2, -0.15) is 0 Å². The molecule has 4 fully saturated rings. The summed E-state index contributed by atoms with van der Waals surface area (Å²) in [7, 11) is 0. The van der Waals surface area contributed by atoms with E-state index in [0.717, 1.165) is 37.5 Å². The summed E-state index contributed by atoms with van der Waals surface area (Å²) >= 11 is 0. The normalized spacial score (nSPS) is 49.4. The first-order valence-electron chi connectivity index (χ1n) is 5.70. The third kappa shape index (κ3) is 0.999. The SMILES string of the molecule is C=CNC1C2CC3CC1CC(C2)C3=O. The van der Waals surface area contributed by atoms with E-state index >= 15 is 0 Å². The van der Waals surface area contributed by atoms with Gasteiger partial charge in [0.25, 0.3) is 0 Å². The van der Waals surface area contributed by atoms with Crippen LogP contribution in [0.2, 0.25) is 0 Å². The molecule has 0 amide bonds. The minimum atomic E-state index is 0.417. The predicted molar refractivity (Wildman–Crippen MR) is 54.6 cm³/mol. The summed E-state index contributed by atoms with van der Waals surface area (Å²) < 4.78 is 0. The Hall–Kier alpha value is -0.790. The van der Waals surface area contributed by atoms with Gasteiger partial charge in [0.1, 0.15) is 5.78 Å². The maximum atomic E-state index is 11.8. The molecule has 4 bridgehead atoms. The molecule has 0 radical (unpaired) electrons. The Morgan fingerprint density at radius 2 is 1.64 bits per heavy atom. The lowest BCUT2D eigenvalue weighted by atomic mass is 9.53. The Balaban J connectivity index is 1.85. The third-order valence-corrected chi connectivity index (χ3v) is 4.48. The molecule has 0 spiro atoms. The quantitative estimate of drug-likeness (QED) is 0.720. The van der Waals surface area contributed by atoms with Crippen LogP contribution in [0.25, 0.3) is 0 Å². The maximum absolute atomic E-state index is 11.8.